The van der Waals surface area contributed by atoms with E-state index >= 15 is 0 Å². The van der Waals surface area contributed by atoms with Gasteiger partial charge < -0.3 is 15.0 Å². The lowest BCUT2D eigenvalue weighted by Gasteiger charge is -2.47. The smallest absolute Gasteiger partial charge is 0.246 e. The Bertz CT molecular complexity index is 358. The average Bonchev–Trinajstić information content (AvgIpc) is 2.58. The summed E-state index contributed by atoms with van der Waals surface area (Å²) < 4.78 is 5.56. The fourth-order valence-corrected chi connectivity index (χ4v) is 2.75. The molecule has 96 valence electrons. The zero-order valence-corrected chi connectivity index (χ0v) is 10.8. The highest BCUT2D eigenvalue weighted by atomic mass is 16.5. The second-order valence-corrected chi connectivity index (χ2v) is 5.23. The van der Waals surface area contributed by atoms with Crippen LogP contribution in [0.3, 0.4) is 0 Å². The molecule has 0 aromatic carbocycles. The standard InChI is InChI=1S/C12H20N2O3/c1-7-11(16)14(8(2)10(15)13-7)12(4)5-6-17-9(12)3/h7-9H,5-6H2,1-4H3,(H,13,15). The number of carbonyl (C=O) groups is 2. The summed E-state index contributed by atoms with van der Waals surface area (Å²) in [5.74, 6) is -0.102. The minimum atomic E-state index is -0.441. The Kier molecular flexibility index (Phi) is 2.89. The van der Waals surface area contributed by atoms with Gasteiger partial charge in [-0.05, 0) is 34.1 Å². The van der Waals surface area contributed by atoms with Gasteiger partial charge in [0.2, 0.25) is 11.8 Å². The molecule has 1 N–H and O–H groups in total. The molecule has 2 saturated heterocycles. The highest BCUT2D eigenvalue weighted by Crippen LogP contribution is 2.34. The van der Waals surface area contributed by atoms with Crippen LogP contribution in [0.5, 0.6) is 0 Å². The van der Waals surface area contributed by atoms with Gasteiger partial charge in [0.1, 0.15) is 12.1 Å². The van der Waals surface area contributed by atoms with E-state index < -0.39 is 12.1 Å². The first-order chi connectivity index (χ1) is 7.88. The van der Waals surface area contributed by atoms with Crippen molar-refractivity contribution in [3.05, 3.63) is 0 Å². The molecule has 2 heterocycles. The maximum Gasteiger partial charge on any atom is 0.246 e. The van der Waals surface area contributed by atoms with Crippen LogP contribution in [0.2, 0.25) is 0 Å². The van der Waals surface area contributed by atoms with Crippen molar-refractivity contribution in [2.24, 2.45) is 0 Å². The third-order valence-electron chi connectivity index (χ3n) is 4.14. The van der Waals surface area contributed by atoms with E-state index in [1.54, 1.807) is 18.7 Å². The molecule has 2 fully saturated rings. The number of carbonyl (C=O) groups excluding carboxylic acids is 2. The van der Waals surface area contributed by atoms with E-state index in [1.165, 1.54) is 0 Å². The number of piperazine rings is 1. The van der Waals surface area contributed by atoms with Crippen molar-refractivity contribution in [2.45, 2.75) is 57.8 Å². The molecule has 2 amide bonds. The number of rotatable bonds is 1. The van der Waals surface area contributed by atoms with Gasteiger partial charge in [-0.1, -0.05) is 0 Å². The minimum absolute atomic E-state index is 0.0167. The van der Waals surface area contributed by atoms with Crippen LogP contribution in [0, 0.1) is 0 Å². The molecule has 2 aliphatic heterocycles. The van der Waals surface area contributed by atoms with E-state index in [0.717, 1.165) is 6.42 Å². The molecule has 0 radical (unpaired) electrons. The normalized spacial score (nSPS) is 42.8. The van der Waals surface area contributed by atoms with Crippen molar-refractivity contribution >= 4 is 11.8 Å². The summed E-state index contributed by atoms with van der Waals surface area (Å²) in [6.07, 6.45) is 0.747. The van der Waals surface area contributed by atoms with Crippen LogP contribution < -0.4 is 5.32 Å². The summed E-state index contributed by atoms with van der Waals surface area (Å²) in [5.41, 5.74) is -0.372. The summed E-state index contributed by atoms with van der Waals surface area (Å²) in [5, 5.41) is 2.69. The molecule has 2 aliphatic rings. The van der Waals surface area contributed by atoms with E-state index in [1.807, 2.05) is 13.8 Å². The summed E-state index contributed by atoms with van der Waals surface area (Å²) in [6.45, 7) is 8.11. The summed E-state index contributed by atoms with van der Waals surface area (Å²) in [6, 6.07) is -0.865. The third-order valence-corrected chi connectivity index (χ3v) is 4.14. The van der Waals surface area contributed by atoms with Gasteiger partial charge in [0.15, 0.2) is 0 Å². The van der Waals surface area contributed by atoms with Gasteiger partial charge in [-0.3, -0.25) is 9.59 Å². The van der Waals surface area contributed by atoms with Gasteiger partial charge in [0, 0.05) is 6.61 Å². The van der Waals surface area contributed by atoms with Gasteiger partial charge in [0.25, 0.3) is 0 Å². The SMILES string of the molecule is CC1NC(=O)C(C)N(C2(C)CCOC2C)C1=O. The third kappa shape index (κ3) is 1.73. The molecule has 0 spiro atoms. The first kappa shape index (κ1) is 12.4. The zero-order chi connectivity index (χ0) is 12.8. The molecule has 0 aromatic heterocycles. The highest BCUT2D eigenvalue weighted by Gasteiger charge is 2.50. The molecule has 0 aliphatic carbocycles. The number of hydrogen-bond donors (Lipinski definition) is 1. The monoisotopic (exact) mass is 240 g/mol. The van der Waals surface area contributed by atoms with Crippen LogP contribution in [-0.4, -0.2) is 47.0 Å². The molecule has 0 aromatic rings. The summed E-state index contributed by atoms with van der Waals surface area (Å²) in [4.78, 5) is 25.8. The van der Waals surface area contributed by atoms with Crippen molar-refractivity contribution in [2.75, 3.05) is 6.61 Å². The van der Waals surface area contributed by atoms with Crippen LogP contribution in [0.1, 0.15) is 34.1 Å². The number of nitrogens with zero attached hydrogens (tertiary/aromatic N) is 1. The lowest BCUT2D eigenvalue weighted by molar-refractivity contribution is -0.157. The maximum atomic E-state index is 12.3. The second-order valence-electron chi connectivity index (χ2n) is 5.23. The Hall–Kier alpha value is -1.10. The van der Waals surface area contributed by atoms with Crippen molar-refractivity contribution in [3.8, 4) is 0 Å². The van der Waals surface area contributed by atoms with Crippen LogP contribution in [0.25, 0.3) is 0 Å². The first-order valence-corrected chi connectivity index (χ1v) is 6.13. The van der Waals surface area contributed by atoms with E-state index in [0.29, 0.717) is 6.61 Å². The van der Waals surface area contributed by atoms with Crippen LogP contribution in [0.4, 0.5) is 0 Å². The molecule has 5 heteroatoms. The van der Waals surface area contributed by atoms with Gasteiger partial charge in [-0.25, -0.2) is 0 Å². The molecular formula is C12H20N2O3. The van der Waals surface area contributed by atoms with Crippen molar-refractivity contribution in [3.63, 3.8) is 0 Å². The molecule has 5 nitrogen and oxygen atoms in total. The van der Waals surface area contributed by atoms with Crippen molar-refractivity contribution in [1.29, 1.82) is 0 Å². The molecule has 0 bridgehead atoms. The van der Waals surface area contributed by atoms with E-state index in [9.17, 15) is 9.59 Å². The number of amides is 2. The zero-order valence-electron chi connectivity index (χ0n) is 10.8. The van der Waals surface area contributed by atoms with Crippen LogP contribution in [0.15, 0.2) is 0 Å². The molecule has 4 unspecified atom stereocenters. The van der Waals surface area contributed by atoms with Crippen molar-refractivity contribution < 1.29 is 14.3 Å². The molecule has 17 heavy (non-hydrogen) atoms. The van der Waals surface area contributed by atoms with Gasteiger partial charge >= 0.3 is 0 Å². The maximum absolute atomic E-state index is 12.3. The lowest BCUT2D eigenvalue weighted by atomic mass is 9.88. The average molecular weight is 240 g/mol. The Labute approximate surface area is 101 Å². The second kappa shape index (κ2) is 3.98. The molecule has 4 atom stereocenters. The predicted octanol–water partition coefficient (Wildman–Crippen LogP) is 0.289. The van der Waals surface area contributed by atoms with Crippen molar-refractivity contribution in [1.82, 2.24) is 10.2 Å². The Balaban J connectivity index is 2.34. The lowest BCUT2D eigenvalue weighted by Crippen LogP contribution is -2.69. The van der Waals surface area contributed by atoms with Crippen LogP contribution in [-0.2, 0) is 14.3 Å². The summed E-state index contributed by atoms with van der Waals surface area (Å²) >= 11 is 0. The number of ether oxygens (including phenoxy) is 1. The molecule has 2 rings (SSSR count). The topological polar surface area (TPSA) is 58.6 Å². The van der Waals surface area contributed by atoms with Gasteiger partial charge in [-0.15, -0.1) is 0 Å². The quantitative estimate of drug-likeness (QED) is 0.716. The predicted molar refractivity (Wildman–Crippen MR) is 62.3 cm³/mol. The fourth-order valence-electron chi connectivity index (χ4n) is 2.75. The molecule has 0 saturated carbocycles. The Morgan fingerprint density at radius 2 is 2.00 bits per heavy atom. The summed E-state index contributed by atoms with van der Waals surface area (Å²) in [7, 11) is 0. The molecular weight excluding hydrogens is 220 g/mol. The minimum Gasteiger partial charge on any atom is -0.376 e. The van der Waals surface area contributed by atoms with Gasteiger partial charge in [0.05, 0.1) is 11.6 Å². The fraction of sp³-hybridized carbons (Fsp3) is 0.833. The van der Waals surface area contributed by atoms with E-state index in [4.69, 9.17) is 4.74 Å². The van der Waals surface area contributed by atoms with Gasteiger partial charge in [-0.2, -0.15) is 0 Å². The van der Waals surface area contributed by atoms with E-state index in [-0.39, 0.29) is 23.5 Å². The number of hydrogen-bond acceptors (Lipinski definition) is 3. The first-order valence-electron chi connectivity index (χ1n) is 6.13. The Morgan fingerprint density at radius 1 is 1.35 bits per heavy atom. The largest absolute Gasteiger partial charge is 0.376 e. The Morgan fingerprint density at radius 3 is 2.53 bits per heavy atom. The van der Waals surface area contributed by atoms with E-state index in [2.05, 4.69) is 5.32 Å². The van der Waals surface area contributed by atoms with Crippen LogP contribution >= 0.6 is 0 Å². The highest BCUT2D eigenvalue weighted by molar-refractivity contribution is 5.97. The number of nitrogens with one attached hydrogen (secondary N) is 1.